The Hall–Kier alpha value is -1.02. The first kappa shape index (κ1) is 18.3. The average molecular weight is 381 g/mol. The molecule has 6 nitrogen and oxygen atoms in total. The predicted molar refractivity (Wildman–Crippen MR) is 88.4 cm³/mol. The normalized spacial score (nSPS) is 16.4. The van der Waals surface area contributed by atoms with Crippen molar-refractivity contribution in [1.29, 1.82) is 0 Å². The number of nitrogens with zero attached hydrogens (tertiary/aromatic N) is 1. The standard InChI is InChI=1S/C14H18Cl2N2O4S/c1-22-14(19)18-6-4-10(5-7-18)9-17-23(20,21)13-8-11(15)2-3-12(13)16/h2-3,8,10,17H,4-7,9H2,1H3. The molecule has 0 aliphatic carbocycles. The summed E-state index contributed by atoms with van der Waals surface area (Å²) in [5, 5.41) is 0.434. The van der Waals surface area contributed by atoms with E-state index in [1.54, 1.807) is 4.90 Å². The molecule has 0 bridgehead atoms. The summed E-state index contributed by atoms with van der Waals surface area (Å²) in [4.78, 5) is 13.0. The molecule has 1 aliphatic rings. The lowest BCUT2D eigenvalue weighted by Gasteiger charge is -2.30. The van der Waals surface area contributed by atoms with Crippen LogP contribution >= 0.6 is 23.2 Å². The van der Waals surface area contributed by atoms with Gasteiger partial charge in [0.05, 0.1) is 12.1 Å². The van der Waals surface area contributed by atoms with Crippen LogP contribution in [0.3, 0.4) is 0 Å². The van der Waals surface area contributed by atoms with Crippen molar-refractivity contribution in [3.05, 3.63) is 28.2 Å². The summed E-state index contributed by atoms with van der Waals surface area (Å²) >= 11 is 11.8. The second kappa shape index (κ2) is 7.70. The number of piperidine rings is 1. The molecule has 0 aromatic heterocycles. The molecule has 9 heteroatoms. The van der Waals surface area contributed by atoms with Crippen molar-refractivity contribution in [3.8, 4) is 0 Å². The van der Waals surface area contributed by atoms with E-state index < -0.39 is 10.0 Å². The predicted octanol–water partition coefficient (Wildman–Crippen LogP) is 2.75. The number of halogens is 2. The van der Waals surface area contributed by atoms with E-state index in [0.717, 1.165) is 0 Å². The highest BCUT2D eigenvalue weighted by Gasteiger charge is 2.25. The van der Waals surface area contributed by atoms with Gasteiger partial charge < -0.3 is 9.64 Å². The van der Waals surface area contributed by atoms with Gasteiger partial charge in [-0.2, -0.15) is 0 Å². The molecule has 23 heavy (non-hydrogen) atoms. The van der Waals surface area contributed by atoms with Crippen LogP contribution in [0.4, 0.5) is 4.79 Å². The van der Waals surface area contributed by atoms with Gasteiger partial charge in [-0.3, -0.25) is 0 Å². The summed E-state index contributed by atoms with van der Waals surface area (Å²) in [6, 6.07) is 4.31. The van der Waals surface area contributed by atoms with Crippen LogP contribution in [0.2, 0.25) is 10.0 Å². The van der Waals surface area contributed by atoms with E-state index in [1.807, 2.05) is 0 Å². The molecule has 1 aromatic rings. The number of carbonyl (C=O) groups is 1. The number of amides is 1. The average Bonchev–Trinajstić information content (AvgIpc) is 2.55. The van der Waals surface area contributed by atoms with Crippen molar-refractivity contribution < 1.29 is 17.9 Å². The number of benzene rings is 1. The fourth-order valence-electron chi connectivity index (χ4n) is 2.44. The maximum Gasteiger partial charge on any atom is 0.409 e. The molecule has 1 amide bonds. The summed E-state index contributed by atoms with van der Waals surface area (Å²) < 4.78 is 31.9. The topological polar surface area (TPSA) is 75.7 Å². The van der Waals surface area contributed by atoms with Crippen LogP contribution in [0.5, 0.6) is 0 Å². The number of hydrogen-bond acceptors (Lipinski definition) is 4. The molecule has 1 N–H and O–H groups in total. The van der Waals surface area contributed by atoms with Crippen molar-refractivity contribution in [1.82, 2.24) is 9.62 Å². The lowest BCUT2D eigenvalue weighted by Crippen LogP contribution is -2.41. The third-order valence-electron chi connectivity index (χ3n) is 3.79. The monoisotopic (exact) mass is 380 g/mol. The minimum absolute atomic E-state index is 0.0290. The molecule has 0 radical (unpaired) electrons. The number of hydrogen-bond donors (Lipinski definition) is 1. The van der Waals surface area contributed by atoms with Crippen molar-refractivity contribution in [3.63, 3.8) is 0 Å². The fourth-order valence-corrected chi connectivity index (χ4v) is 4.31. The molecule has 128 valence electrons. The minimum atomic E-state index is -3.72. The van der Waals surface area contributed by atoms with Crippen LogP contribution in [0.15, 0.2) is 23.1 Å². The number of methoxy groups -OCH3 is 1. The van der Waals surface area contributed by atoms with E-state index in [-0.39, 0.29) is 21.9 Å². The van der Waals surface area contributed by atoms with E-state index in [9.17, 15) is 13.2 Å². The minimum Gasteiger partial charge on any atom is -0.453 e. The SMILES string of the molecule is COC(=O)N1CCC(CNS(=O)(=O)c2cc(Cl)ccc2Cl)CC1. The molecule has 0 spiro atoms. The molecular formula is C14H18Cl2N2O4S. The second-order valence-corrected chi connectivity index (χ2v) is 7.91. The lowest BCUT2D eigenvalue weighted by molar-refractivity contribution is 0.106. The first-order valence-electron chi connectivity index (χ1n) is 7.11. The molecular weight excluding hydrogens is 363 g/mol. The maximum absolute atomic E-state index is 12.3. The van der Waals surface area contributed by atoms with Crippen LogP contribution in [-0.2, 0) is 14.8 Å². The van der Waals surface area contributed by atoms with Crippen molar-refractivity contribution >= 4 is 39.3 Å². The van der Waals surface area contributed by atoms with E-state index >= 15 is 0 Å². The third kappa shape index (κ3) is 4.73. The molecule has 2 rings (SSSR count). The van der Waals surface area contributed by atoms with Gasteiger partial charge in [0.15, 0.2) is 0 Å². The number of sulfonamides is 1. The zero-order valence-electron chi connectivity index (χ0n) is 12.6. The van der Waals surface area contributed by atoms with Gasteiger partial charge in [0, 0.05) is 24.7 Å². The molecule has 0 unspecified atom stereocenters. The molecule has 0 saturated carbocycles. The molecule has 0 atom stereocenters. The van der Waals surface area contributed by atoms with Crippen molar-refractivity contribution in [2.24, 2.45) is 5.92 Å². The molecule has 1 saturated heterocycles. The molecule has 1 fully saturated rings. The smallest absolute Gasteiger partial charge is 0.409 e. The number of rotatable bonds is 4. The number of likely N-dealkylation sites (tertiary alicyclic amines) is 1. The third-order valence-corrected chi connectivity index (χ3v) is 5.93. The van der Waals surface area contributed by atoms with Crippen LogP contribution in [-0.4, -0.2) is 46.2 Å². The summed E-state index contributed by atoms with van der Waals surface area (Å²) in [6.07, 6.45) is 1.07. The van der Waals surface area contributed by atoms with Crippen LogP contribution < -0.4 is 4.72 Å². The Morgan fingerprint density at radius 2 is 2.00 bits per heavy atom. The summed E-state index contributed by atoms with van der Waals surface area (Å²) in [5.41, 5.74) is 0. The zero-order valence-corrected chi connectivity index (χ0v) is 14.9. The van der Waals surface area contributed by atoms with Crippen LogP contribution in [0.1, 0.15) is 12.8 Å². The van der Waals surface area contributed by atoms with Crippen LogP contribution in [0, 0.1) is 5.92 Å². The zero-order chi connectivity index (χ0) is 17.0. The molecule has 1 aliphatic heterocycles. The first-order valence-corrected chi connectivity index (χ1v) is 9.35. The van der Waals surface area contributed by atoms with Gasteiger partial charge in [0.2, 0.25) is 10.0 Å². The molecule has 1 heterocycles. The highest BCUT2D eigenvalue weighted by atomic mass is 35.5. The second-order valence-electron chi connectivity index (χ2n) is 5.33. The highest BCUT2D eigenvalue weighted by molar-refractivity contribution is 7.89. The van der Waals surface area contributed by atoms with Gasteiger partial charge in [0.1, 0.15) is 4.90 Å². The summed E-state index contributed by atoms with van der Waals surface area (Å²) in [7, 11) is -2.37. The fraction of sp³-hybridized carbons (Fsp3) is 0.500. The van der Waals surface area contributed by atoms with Gasteiger partial charge in [0.25, 0.3) is 0 Å². The number of nitrogens with one attached hydrogen (secondary N) is 1. The van der Waals surface area contributed by atoms with Crippen molar-refractivity contribution in [2.45, 2.75) is 17.7 Å². The maximum atomic E-state index is 12.3. The van der Waals surface area contributed by atoms with E-state index in [2.05, 4.69) is 9.46 Å². The van der Waals surface area contributed by atoms with Gasteiger partial charge >= 0.3 is 6.09 Å². The van der Waals surface area contributed by atoms with Gasteiger partial charge in [-0.15, -0.1) is 0 Å². The Morgan fingerprint density at radius 3 is 2.61 bits per heavy atom. The van der Waals surface area contributed by atoms with Crippen molar-refractivity contribution in [2.75, 3.05) is 26.7 Å². The molecule has 1 aromatic carbocycles. The van der Waals surface area contributed by atoms with Gasteiger partial charge in [-0.25, -0.2) is 17.9 Å². The lowest BCUT2D eigenvalue weighted by atomic mass is 9.97. The summed E-state index contributed by atoms with van der Waals surface area (Å²) in [5.74, 6) is 0.156. The number of ether oxygens (including phenoxy) is 1. The Morgan fingerprint density at radius 1 is 1.35 bits per heavy atom. The highest BCUT2D eigenvalue weighted by Crippen LogP contribution is 2.25. The van der Waals surface area contributed by atoms with Gasteiger partial charge in [-0.05, 0) is 37.0 Å². The largest absolute Gasteiger partial charge is 0.453 e. The first-order chi connectivity index (χ1) is 10.8. The summed E-state index contributed by atoms with van der Waals surface area (Å²) in [6.45, 7) is 1.40. The Kier molecular flexibility index (Phi) is 6.13. The van der Waals surface area contributed by atoms with E-state index in [0.29, 0.717) is 37.5 Å². The van der Waals surface area contributed by atoms with Gasteiger partial charge in [-0.1, -0.05) is 23.2 Å². The number of carbonyl (C=O) groups excluding carboxylic acids is 1. The quantitative estimate of drug-likeness (QED) is 0.870. The Bertz CT molecular complexity index is 673. The van der Waals surface area contributed by atoms with E-state index in [1.165, 1.54) is 25.3 Å². The Labute approximate surface area is 145 Å². The van der Waals surface area contributed by atoms with E-state index in [4.69, 9.17) is 23.2 Å². The Balaban J connectivity index is 1.93. The van der Waals surface area contributed by atoms with Crippen LogP contribution in [0.25, 0.3) is 0 Å².